The van der Waals surface area contributed by atoms with Crippen molar-refractivity contribution in [2.24, 2.45) is 0 Å². The second-order valence-electron chi connectivity index (χ2n) is 4.60. The zero-order valence-corrected chi connectivity index (χ0v) is 11.0. The summed E-state index contributed by atoms with van der Waals surface area (Å²) < 4.78 is 5.34. The predicted molar refractivity (Wildman–Crippen MR) is 73.7 cm³/mol. The maximum atomic E-state index is 6.06. The number of nitrogens with zero attached hydrogens (tertiary/aromatic N) is 2. The first-order chi connectivity index (χ1) is 9.20. The van der Waals surface area contributed by atoms with E-state index in [4.69, 9.17) is 10.5 Å². The molecule has 1 aliphatic rings. The van der Waals surface area contributed by atoms with Crippen LogP contribution in [0.25, 0.3) is 11.4 Å². The van der Waals surface area contributed by atoms with E-state index in [9.17, 15) is 0 Å². The van der Waals surface area contributed by atoms with Crippen molar-refractivity contribution in [2.75, 3.05) is 12.8 Å². The third kappa shape index (κ3) is 1.92. The van der Waals surface area contributed by atoms with Crippen LogP contribution in [-0.4, -0.2) is 17.1 Å². The van der Waals surface area contributed by atoms with Gasteiger partial charge in [-0.2, -0.15) is 0 Å². The molecule has 2 heterocycles. The van der Waals surface area contributed by atoms with E-state index in [-0.39, 0.29) is 6.04 Å². The van der Waals surface area contributed by atoms with Gasteiger partial charge in [0.25, 0.3) is 0 Å². The minimum atomic E-state index is 0.210. The molecule has 2 aromatic rings. The van der Waals surface area contributed by atoms with Gasteiger partial charge in [-0.1, -0.05) is 12.1 Å². The van der Waals surface area contributed by atoms with E-state index in [0.29, 0.717) is 11.6 Å². The third-order valence-electron chi connectivity index (χ3n) is 3.41. The van der Waals surface area contributed by atoms with Crippen molar-refractivity contribution >= 4 is 5.82 Å². The maximum Gasteiger partial charge on any atom is 0.165 e. The van der Waals surface area contributed by atoms with Crippen molar-refractivity contribution in [1.29, 1.82) is 0 Å². The Morgan fingerprint density at radius 1 is 1.32 bits per heavy atom. The molecule has 0 spiro atoms. The van der Waals surface area contributed by atoms with E-state index in [1.54, 1.807) is 7.11 Å². The summed E-state index contributed by atoms with van der Waals surface area (Å²) in [7, 11) is 1.64. The Bertz CT molecular complexity index is 627. The zero-order valence-electron chi connectivity index (χ0n) is 11.0. The standard InChI is InChI=1S/C14H16N4O/c1-8-12-10(7-16-8)17-14(18-13(12)15)9-5-3-4-6-11(9)19-2/h3-6,8,16H,7H2,1-2H3,(H2,15,17,18). The van der Waals surface area contributed by atoms with Crippen molar-refractivity contribution in [3.63, 3.8) is 0 Å². The summed E-state index contributed by atoms with van der Waals surface area (Å²) in [5, 5.41) is 3.32. The number of methoxy groups -OCH3 is 1. The molecule has 3 rings (SSSR count). The number of rotatable bonds is 2. The van der Waals surface area contributed by atoms with Gasteiger partial charge in [0.05, 0.1) is 18.4 Å². The molecule has 0 bridgehead atoms. The first kappa shape index (κ1) is 11.9. The van der Waals surface area contributed by atoms with Gasteiger partial charge in [-0.15, -0.1) is 0 Å². The highest BCUT2D eigenvalue weighted by Crippen LogP contribution is 2.32. The molecule has 98 valence electrons. The average molecular weight is 256 g/mol. The number of hydrogen-bond acceptors (Lipinski definition) is 5. The number of nitrogen functional groups attached to an aromatic ring is 1. The normalized spacial score (nSPS) is 17.3. The Kier molecular flexibility index (Phi) is 2.83. The van der Waals surface area contributed by atoms with Gasteiger partial charge < -0.3 is 15.8 Å². The van der Waals surface area contributed by atoms with Crippen LogP contribution in [-0.2, 0) is 6.54 Å². The Balaban J connectivity index is 2.15. The number of nitrogens with two attached hydrogens (primary N) is 1. The molecular weight excluding hydrogens is 240 g/mol. The van der Waals surface area contributed by atoms with Crippen LogP contribution in [0.4, 0.5) is 5.82 Å². The highest BCUT2D eigenvalue weighted by Gasteiger charge is 2.24. The van der Waals surface area contributed by atoms with Crippen molar-refractivity contribution < 1.29 is 4.74 Å². The van der Waals surface area contributed by atoms with Gasteiger partial charge in [-0.25, -0.2) is 9.97 Å². The summed E-state index contributed by atoms with van der Waals surface area (Å²) in [4.78, 5) is 9.03. The monoisotopic (exact) mass is 256 g/mol. The maximum absolute atomic E-state index is 6.06. The summed E-state index contributed by atoms with van der Waals surface area (Å²) in [5.74, 6) is 1.91. The first-order valence-electron chi connectivity index (χ1n) is 6.23. The summed E-state index contributed by atoms with van der Waals surface area (Å²) in [6, 6.07) is 7.89. The molecule has 0 fully saturated rings. The SMILES string of the molecule is COc1ccccc1-c1nc(N)c2c(n1)CNC2C. The topological polar surface area (TPSA) is 73.1 Å². The fraction of sp³-hybridized carbons (Fsp3) is 0.286. The van der Waals surface area contributed by atoms with E-state index in [0.717, 1.165) is 29.1 Å². The molecule has 0 radical (unpaired) electrons. The number of hydrogen-bond donors (Lipinski definition) is 2. The fourth-order valence-corrected chi connectivity index (χ4v) is 2.44. The van der Waals surface area contributed by atoms with E-state index in [2.05, 4.69) is 22.2 Å². The zero-order chi connectivity index (χ0) is 13.4. The average Bonchev–Trinajstić information content (AvgIpc) is 2.80. The molecule has 3 N–H and O–H groups in total. The lowest BCUT2D eigenvalue weighted by molar-refractivity contribution is 0.416. The minimum Gasteiger partial charge on any atom is -0.496 e. The second-order valence-corrected chi connectivity index (χ2v) is 4.60. The summed E-state index contributed by atoms with van der Waals surface area (Å²) >= 11 is 0. The number of aromatic nitrogens is 2. The molecule has 1 atom stereocenters. The van der Waals surface area contributed by atoms with Gasteiger partial charge in [0.15, 0.2) is 5.82 Å². The van der Waals surface area contributed by atoms with Gasteiger partial charge in [-0.05, 0) is 19.1 Å². The van der Waals surface area contributed by atoms with Crippen molar-refractivity contribution in [3.05, 3.63) is 35.5 Å². The Labute approximate surface area is 111 Å². The third-order valence-corrected chi connectivity index (χ3v) is 3.41. The molecule has 1 aromatic carbocycles. The van der Waals surface area contributed by atoms with Crippen LogP contribution in [0.15, 0.2) is 24.3 Å². The Morgan fingerprint density at radius 3 is 2.89 bits per heavy atom. The van der Waals surface area contributed by atoms with E-state index in [1.807, 2.05) is 24.3 Å². The number of fused-ring (bicyclic) bond motifs is 1. The number of anilines is 1. The van der Waals surface area contributed by atoms with Crippen LogP contribution in [0.3, 0.4) is 0 Å². The molecule has 0 saturated carbocycles. The quantitative estimate of drug-likeness (QED) is 0.858. The molecule has 1 unspecified atom stereocenters. The number of nitrogens with one attached hydrogen (secondary N) is 1. The van der Waals surface area contributed by atoms with Crippen molar-refractivity contribution in [2.45, 2.75) is 19.5 Å². The van der Waals surface area contributed by atoms with Gasteiger partial charge >= 0.3 is 0 Å². The van der Waals surface area contributed by atoms with Crippen LogP contribution in [0, 0.1) is 0 Å². The lowest BCUT2D eigenvalue weighted by Crippen LogP contribution is -2.08. The number of benzene rings is 1. The van der Waals surface area contributed by atoms with Crippen molar-refractivity contribution in [3.8, 4) is 17.1 Å². The predicted octanol–water partition coefficient (Wildman–Crippen LogP) is 1.90. The molecule has 0 saturated heterocycles. The van der Waals surface area contributed by atoms with Crippen molar-refractivity contribution in [1.82, 2.24) is 15.3 Å². The lowest BCUT2D eigenvalue weighted by atomic mass is 10.1. The van der Waals surface area contributed by atoms with Gasteiger partial charge in [0.1, 0.15) is 11.6 Å². The van der Waals surface area contributed by atoms with E-state index in [1.165, 1.54) is 0 Å². The van der Waals surface area contributed by atoms with Gasteiger partial charge in [-0.3, -0.25) is 0 Å². The van der Waals surface area contributed by atoms with Gasteiger partial charge in [0.2, 0.25) is 0 Å². The van der Waals surface area contributed by atoms with Gasteiger partial charge in [0, 0.05) is 18.2 Å². The van der Waals surface area contributed by atoms with E-state index < -0.39 is 0 Å². The fourth-order valence-electron chi connectivity index (χ4n) is 2.44. The highest BCUT2D eigenvalue weighted by atomic mass is 16.5. The van der Waals surface area contributed by atoms with E-state index >= 15 is 0 Å². The smallest absolute Gasteiger partial charge is 0.165 e. The number of para-hydroxylation sites is 1. The summed E-state index contributed by atoms with van der Waals surface area (Å²) in [6.07, 6.45) is 0. The van der Waals surface area contributed by atoms with Crippen LogP contribution >= 0.6 is 0 Å². The molecular formula is C14H16N4O. The Morgan fingerprint density at radius 2 is 2.11 bits per heavy atom. The molecule has 5 heteroatoms. The molecule has 0 amide bonds. The largest absolute Gasteiger partial charge is 0.496 e. The molecule has 19 heavy (non-hydrogen) atoms. The summed E-state index contributed by atoms with van der Waals surface area (Å²) in [5.41, 5.74) is 8.91. The lowest BCUT2D eigenvalue weighted by Gasteiger charge is -2.11. The van der Waals surface area contributed by atoms with Crippen LogP contribution in [0.5, 0.6) is 5.75 Å². The number of ether oxygens (including phenoxy) is 1. The first-order valence-corrected chi connectivity index (χ1v) is 6.23. The highest BCUT2D eigenvalue weighted by molar-refractivity contribution is 5.66. The molecule has 1 aliphatic heterocycles. The van der Waals surface area contributed by atoms with Crippen LogP contribution < -0.4 is 15.8 Å². The minimum absolute atomic E-state index is 0.210. The van der Waals surface area contributed by atoms with Crippen LogP contribution in [0.2, 0.25) is 0 Å². The van der Waals surface area contributed by atoms with Crippen LogP contribution in [0.1, 0.15) is 24.2 Å². The summed E-state index contributed by atoms with van der Waals surface area (Å²) in [6.45, 7) is 2.79. The second kappa shape index (κ2) is 4.51. The molecule has 1 aromatic heterocycles. The molecule has 5 nitrogen and oxygen atoms in total. The Hall–Kier alpha value is -2.14. The molecule has 0 aliphatic carbocycles.